The summed E-state index contributed by atoms with van der Waals surface area (Å²) < 4.78 is 30.0. The van der Waals surface area contributed by atoms with Crippen molar-refractivity contribution in [2.24, 2.45) is 5.73 Å². The molecule has 0 radical (unpaired) electrons. The summed E-state index contributed by atoms with van der Waals surface area (Å²) >= 11 is 0. The Kier molecular flexibility index (Phi) is 10.8. The van der Waals surface area contributed by atoms with E-state index in [1.54, 1.807) is 6.07 Å². The molecule has 0 aliphatic heterocycles. The third-order valence-corrected chi connectivity index (χ3v) is 7.16. The number of ketones is 1. The normalized spacial score (nSPS) is 12.9. The number of carbonyl (C=O) groups excluding carboxylic acids is 2. The molecule has 4 N–H and O–H groups in total. The van der Waals surface area contributed by atoms with Crippen LogP contribution in [0.4, 0.5) is 16.2 Å². The van der Waals surface area contributed by atoms with E-state index in [1.807, 2.05) is 5.43 Å². The maximum absolute atomic E-state index is 13.3. The molecule has 0 bridgehead atoms. The lowest BCUT2D eigenvalue weighted by molar-refractivity contribution is -0.394. The van der Waals surface area contributed by atoms with Gasteiger partial charge in [-0.2, -0.15) is 0 Å². The number of Topliss-reactive ketones (excluding diaryl/α,β-unsaturated/α-hetero) is 1. The van der Waals surface area contributed by atoms with E-state index in [2.05, 4.69) is 0 Å². The topological polar surface area (TPSA) is 225 Å². The Morgan fingerprint density at radius 2 is 1.63 bits per heavy atom. The highest BCUT2D eigenvalue weighted by molar-refractivity contribution is 7.91. The number of hydroxylamine groups is 1. The Bertz CT molecular complexity index is 1240. The number of ether oxygens (including phenoxy) is 1. The molecule has 2 rings (SSSR count). The predicted octanol–water partition coefficient (Wildman–Crippen LogP) is 2.38. The van der Waals surface area contributed by atoms with E-state index in [1.165, 1.54) is 31.2 Å². The standard InChI is InChI=1S/C22H27N5O10S/c1-15(14-38(35,36)16-8-3-2-4-9-16)37-22(29)24-25(30)19(10-5-6-13-23)21(28)20-17(26(31)32)11-7-12-18(20)27(33)34/h2-4,7-9,11-12,15,19,30H,5-6,10,13-14,23H2,1H3,(H,24,29)/t15?,19-/m0/s1. The quantitative estimate of drug-likeness (QED) is 0.133. The first-order chi connectivity index (χ1) is 17.9. The Labute approximate surface area is 217 Å². The average molecular weight is 554 g/mol. The van der Waals surface area contributed by atoms with Gasteiger partial charge in [-0.05, 0) is 50.9 Å². The van der Waals surface area contributed by atoms with Crippen molar-refractivity contribution in [3.8, 4) is 0 Å². The van der Waals surface area contributed by atoms with Crippen LogP contribution >= 0.6 is 0 Å². The summed E-state index contributed by atoms with van der Waals surface area (Å²) in [6.07, 6.45) is -2.14. The first-order valence-electron chi connectivity index (χ1n) is 11.3. The van der Waals surface area contributed by atoms with Crippen molar-refractivity contribution in [2.45, 2.75) is 43.2 Å². The van der Waals surface area contributed by atoms with Crippen molar-refractivity contribution in [2.75, 3.05) is 12.3 Å². The fourth-order valence-electron chi connectivity index (χ4n) is 3.55. The van der Waals surface area contributed by atoms with Gasteiger partial charge in [0.25, 0.3) is 11.4 Å². The second kappa shape index (κ2) is 13.5. The highest BCUT2D eigenvalue weighted by Gasteiger charge is 2.37. The first-order valence-corrected chi connectivity index (χ1v) is 12.9. The molecule has 206 valence electrons. The molecule has 2 atom stereocenters. The van der Waals surface area contributed by atoms with Crippen LogP contribution in [-0.2, 0) is 14.6 Å². The van der Waals surface area contributed by atoms with Gasteiger partial charge in [-0.15, -0.1) is 0 Å². The van der Waals surface area contributed by atoms with Gasteiger partial charge in [0.05, 0.1) is 20.5 Å². The molecule has 15 nitrogen and oxygen atoms in total. The highest BCUT2D eigenvalue weighted by atomic mass is 32.2. The van der Waals surface area contributed by atoms with Gasteiger partial charge in [-0.1, -0.05) is 23.4 Å². The first kappa shape index (κ1) is 30.2. The van der Waals surface area contributed by atoms with Crippen molar-refractivity contribution in [1.82, 2.24) is 10.6 Å². The van der Waals surface area contributed by atoms with Gasteiger partial charge in [0.1, 0.15) is 12.1 Å². The van der Waals surface area contributed by atoms with Crippen LogP contribution < -0.4 is 11.2 Å². The van der Waals surface area contributed by atoms with Gasteiger partial charge < -0.3 is 10.5 Å². The fraction of sp³-hybridized carbons (Fsp3) is 0.364. The molecule has 0 aliphatic rings. The van der Waals surface area contributed by atoms with Crippen LogP contribution in [0.3, 0.4) is 0 Å². The van der Waals surface area contributed by atoms with Crippen molar-refractivity contribution in [3.63, 3.8) is 0 Å². The number of nitrogens with two attached hydrogens (primary N) is 1. The zero-order chi connectivity index (χ0) is 28.5. The maximum atomic E-state index is 13.3. The number of unbranched alkanes of at least 4 members (excludes halogenated alkanes) is 1. The van der Waals surface area contributed by atoms with Crippen molar-refractivity contribution in [3.05, 3.63) is 74.3 Å². The third kappa shape index (κ3) is 8.01. The number of nitrogens with zero attached hydrogens (tertiary/aromatic N) is 3. The van der Waals surface area contributed by atoms with Crippen LogP contribution in [0.1, 0.15) is 36.5 Å². The number of amides is 1. The van der Waals surface area contributed by atoms with Crippen LogP contribution in [-0.4, -0.2) is 65.0 Å². The minimum atomic E-state index is -3.81. The molecular weight excluding hydrogens is 526 g/mol. The van der Waals surface area contributed by atoms with E-state index < -0.39 is 66.4 Å². The monoisotopic (exact) mass is 553 g/mol. The number of nitro benzene ring substituents is 2. The Hall–Kier alpha value is -3.99. The summed E-state index contributed by atoms with van der Waals surface area (Å²) in [6.45, 7) is 1.50. The fourth-order valence-corrected chi connectivity index (χ4v) is 5.00. The smallest absolute Gasteiger partial charge is 0.423 e. The Morgan fingerprint density at radius 1 is 1.05 bits per heavy atom. The number of carbonyl (C=O) groups is 2. The number of hydrazine groups is 1. The number of hydrogen-bond donors (Lipinski definition) is 3. The maximum Gasteiger partial charge on any atom is 0.423 e. The second-order valence-electron chi connectivity index (χ2n) is 8.12. The number of nitrogens with one attached hydrogen (secondary N) is 1. The summed E-state index contributed by atoms with van der Waals surface area (Å²) in [5, 5.41) is 33.5. The van der Waals surface area contributed by atoms with E-state index in [9.17, 15) is 43.4 Å². The van der Waals surface area contributed by atoms with E-state index in [0.29, 0.717) is 6.42 Å². The molecule has 2 aromatic carbocycles. The molecule has 0 spiro atoms. The number of nitro groups is 2. The van der Waals surface area contributed by atoms with E-state index in [-0.39, 0.29) is 29.5 Å². The molecule has 38 heavy (non-hydrogen) atoms. The summed E-state index contributed by atoms with van der Waals surface area (Å²) in [4.78, 5) is 46.6. The zero-order valence-corrected chi connectivity index (χ0v) is 21.1. The van der Waals surface area contributed by atoms with Crippen LogP contribution in [0.25, 0.3) is 0 Å². The molecule has 1 amide bonds. The van der Waals surface area contributed by atoms with Crippen LogP contribution in [0.5, 0.6) is 0 Å². The summed E-state index contributed by atoms with van der Waals surface area (Å²) in [5.41, 5.74) is 4.73. The van der Waals surface area contributed by atoms with Gasteiger partial charge >= 0.3 is 6.09 Å². The molecule has 16 heteroatoms. The van der Waals surface area contributed by atoms with Crippen molar-refractivity contribution in [1.29, 1.82) is 0 Å². The molecular formula is C22H27N5O10S. The molecule has 0 aromatic heterocycles. The summed E-state index contributed by atoms with van der Waals surface area (Å²) in [5.74, 6) is -1.79. The Balaban J connectivity index is 2.23. The molecule has 0 saturated heterocycles. The Morgan fingerprint density at radius 3 is 2.16 bits per heavy atom. The van der Waals surface area contributed by atoms with Crippen LogP contribution in [0, 0.1) is 20.2 Å². The highest BCUT2D eigenvalue weighted by Crippen LogP contribution is 2.31. The number of hydrogen-bond acceptors (Lipinski definition) is 12. The number of rotatable bonds is 14. The molecule has 1 unspecified atom stereocenters. The lowest BCUT2D eigenvalue weighted by Gasteiger charge is -2.25. The lowest BCUT2D eigenvalue weighted by Crippen LogP contribution is -2.50. The SMILES string of the molecule is CC(CS(=O)(=O)c1ccccc1)OC(=O)NN(O)[C@@H](CCCCN)C(=O)c1c([N+](=O)[O-])cccc1[N+](=O)[O-]. The zero-order valence-electron chi connectivity index (χ0n) is 20.3. The van der Waals surface area contributed by atoms with E-state index in [4.69, 9.17) is 10.5 Å². The minimum absolute atomic E-state index is 0.0104. The van der Waals surface area contributed by atoms with Crippen LogP contribution in [0.15, 0.2) is 53.4 Å². The third-order valence-electron chi connectivity index (χ3n) is 5.26. The van der Waals surface area contributed by atoms with Gasteiger partial charge in [-0.25, -0.2) is 18.6 Å². The van der Waals surface area contributed by atoms with Gasteiger partial charge in [0.2, 0.25) is 0 Å². The molecule has 2 aromatic rings. The molecule has 0 heterocycles. The van der Waals surface area contributed by atoms with Crippen LogP contribution in [0.2, 0.25) is 0 Å². The average Bonchev–Trinajstić information content (AvgIpc) is 2.85. The van der Waals surface area contributed by atoms with E-state index in [0.717, 1.165) is 18.2 Å². The van der Waals surface area contributed by atoms with Gasteiger partial charge in [0, 0.05) is 12.1 Å². The van der Waals surface area contributed by atoms with Crippen molar-refractivity contribution < 1.29 is 37.8 Å². The van der Waals surface area contributed by atoms with Gasteiger partial charge in [-0.3, -0.25) is 30.2 Å². The second-order valence-corrected chi connectivity index (χ2v) is 10.2. The summed E-state index contributed by atoms with van der Waals surface area (Å²) in [6, 6.07) is 8.56. The minimum Gasteiger partial charge on any atom is -0.444 e. The van der Waals surface area contributed by atoms with E-state index >= 15 is 0 Å². The molecule has 0 fully saturated rings. The van der Waals surface area contributed by atoms with Crippen molar-refractivity contribution >= 4 is 33.1 Å². The number of benzene rings is 2. The molecule has 0 saturated carbocycles. The molecule has 0 aliphatic carbocycles. The largest absolute Gasteiger partial charge is 0.444 e. The predicted molar refractivity (Wildman–Crippen MR) is 132 cm³/mol. The number of sulfone groups is 1. The van der Waals surface area contributed by atoms with Gasteiger partial charge in [0.15, 0.2) is 21.2 Å². The lowest BCUT2D eigenvalue weighted by atomic mass is 9.97. The summed E-state index contributed by atoms with van der Waals surface area (Å²) in [7, 11) is -3.81.